The molecule has 3 aromatic rings. The van der Waals surface area contributed by atoms with E-state index in [2.05, 4.69) is 31.6 Å². The van der Waals surface area contributed by atoms with Crippen molar-refractivity contribution in [1.82, 2.24) is 25.9 Å². The van der Waals surface area contributed by atoms with Crippen molar-refractivity contribution < 1.29 is 22.0 Å². The minimum atomic E-state index is -4.40. The summed E-state index contributed by atoms with van der Waals surface area (Å²) in [5.41, 5.74) is 5.37. The molecule has 232 valence electrons. The number of aromatic nitrogens is 2. The highest BCUT2D eigenvalue weighted by Crippen LogP contribution is 2.53. The molecule has 1 aliphatic heterocycles. The molecule has 8 nitrogen and oxygen atoms in total. The van der Waals surface area contributed by atoms with Gasteiger partial charge >= 0.3 is 6.18 Å². The highest BCUT2D eigenvalue weighted by molar-refractivity contribution is 6.35. The van der Waals surface area contributed by atoms with Crippen LogP contribution in [0.2, 0.25) is 10.2 Å². The zero-order valence-corrected chi connectivity index (χ0v) is 24.8. The second kappa shape index (κ2) is 11.1. The number of halogens is 7. The Kier molecular flexibility index (Phi) is 7.66. The molecule has 0 bridgehead atoms. The fraction of sp³-hybridized carbons (Fsp3) is 0.414. The second-order valence-corrected chi connectivity index (χ2v) is 12.3. The minimum absolute atomic E-state index is 0.00185. The molecular formula is C29H27Cl2F5N8. The maximum Gasteiger partial charge on any atom is 0.396 e. The van der Waals surface area contributed by atoms with E-state index in [1.165, 1.54) is 11.2 Å². The predicted molar refractivity (Wildman–Crippen MR) is 157 cm³/mol. The lowest BCUT2D eigenvalue weighted by molar-refractivity contribution is -0.244. The number of hydrazine groups is 2. The molecular weight excluding hydrogens is 626 g/mol. The number of aryl methyl sites for hydroxylation is 1. The summed E-state index contributed by atoms with van der Waals surface area (Å²) in [4.78, 5) is 8.64. The molecule has 0 radical (unpaired) electrons. The number of pyridine rings is 2. The lowest BCUT2D eigenvalue weighted by atomic mass is 9.68. The highest BCUT2D eigenvalue weighted by Gasteiger charge is 2.58. The van der Waals surface area contributed by atoms with E-state index in [0.29, 0.717) is 52.8 Å². The van der Waals surface area contributed by atoms with E-state index in [-0.39, 0.29) is 34.3 Å². The van der Waals surface area contributed by atoms with Crippen LogP contribution in [0.3, 0.4) is 0 Å². The number of anilines is 2. The summed E-state index contributed by atoms with van der Waals surface area (Å²) >= 11 is 12.8. The Morgan fingerprint density at radius 1 is 1.16 bits per heavy atom. The van der Waals surface area contributed by atoms with E-state index in [0.717, 1.165) is 0 Å². The number of fused-ring (bicyclic) bond motifs is 1. The highest BCUT2D eigenvalue weighted by atomic mass is 35.5. The van der Waals surface area contributed by atoms with Crippen LogP contribution >= 0.6 is 23.2 Å². The molecule has 6 rings (SSSR count). The van der Waals surface area contributed by atoms with Crippen LogP contribution in [-0.2, 0) is 0 Å². The summed E-state index contributed by atoms with van der Waals surface area (Å²) in [7, 11) is 0. The summed E-state index contributed by atoms with van der Waals surface area (Å²) in [6.07, 6.45) is -3.00. The standard InChI is InChI=1S/C29H27Cl2F5N8/c1-15-18(3-4-22(31)40-15)25(21-13-44(43-42-21)28(7-8-28)26(32)33)41-17-9-19-23(16(11-37)12-38-24(19)20(30)10-17)39-14-27(5-2-6-27)29(34,35)36/h3-4,9-10,12-13,25-26,41-43H,2,5-8,14H2,1H3,(H,38,39)/t25-/m0/s1. The summed E-state index contributed by atoms with van der Waals surface area (Å²) in [6, 6.07) is 7.95. The van der Waals surface area contributed by atoms with Gasteiger partial charge in [-0.05, 0) is 50.8 Å². The predicted octanol–water partition coefficient (Wildman–Crippen LogP) is 7.38. The molecule has 2 aromatic heterocycles. The summed E-state index contributed by atoms with van der Waals surface area (Å²) in [5.74, 6) is 0. The molecule has 1 atom stereocenters. The van der Waals surface area contributed by atoms with Crippen LogP contribution in [0.5, 0.6) is 0 Å². The van der Waals surface area contributed by atoms with Crippen molar-refractivity contribution in [3.05, 3.63) is 69.4 Å². The average Bonchev–Trinajstić information content (AvgIpc) is 3.61. The quantitative estimate of drug-likeness (QED) is 0.140. The Hall–Kier alpha value is -3.60. The number of nitrogens with zero attached hydrogens (tertiary/aromatic N) is 4. The third kappa shape index (κ3) is 5.22. The zero-order chi connectivity index (χ0) is 31.4. The third-order valence-corrected chi connectivity index (χ3v) is 9.32. The molecule has 3 heterocycles. The number of hydrogen-bond acceptors (Lipinski definition) is 8. The fourth-order valence-electron chi connectivity index (χ4n) is 5.78. The first-order valence-corrected chi connectivity index (χ1v) is 14.7. The van der Waals surface area contributed by atoms with Gasteiger partial charge < -0.3 is 16.1 Å². The van der Waals surface area contributed by atoms with Gasteiger partial charge in [-0.3, -0.25) is 9.99 Å². The molecule has 0 amide bonds. The molecule has 0 unspecified atom stereocenters. The largest absolute Gasteiger partial charge is 0.396 e. The van der Waals surface area contributed by atoms with E-state index in [1.807, 2.05) is 6.07 Å². The van der Waals surface area contributed by atoms with E-state index in [9.17, 15) is 27.2 Å². The Morgan fingerprint density at radius 3 is 2.50 bits per heavy atom. The van der Waals surface area contributed by atoms with Crippen molar-refractivity contribution in [3.63, 3.8) is 0 Å². The lowest BCUT2D eigenvalue weighted by Crippen LogP contribution is -2.48. The Morgan fingerprint density at radius 2 is 1.91 bits per heavy atom. The van der Waals surface area contributed by atoms with Crippen LogP contribution in [0.1, 0.15) is 55.0 Å². The van der Waals surface area contributed by atoms with E-state index in [4.69, 9.17) is 23.2 Å². The lowest BCUT2D eigenvalue weighted by Gasteiger charge is -2.43. The van der Waals surface area contributed by atoms with Crippen LogP contribution in [0.15, 0.2) is 42.4 Å². The van der Waals surface area contributed by atoms with Gasteiger partial charge in [-0.2, -0.15) is 18.4 Å². The number of alkyl halides is 5. The number of nitrogens with one attached hydrogen (secondary N) is 4. The van der Waals surface area contributed by atoms with Gasteiger partial charge in [0.1, 0.15) is 16.8 Å². The van der Waals surface area contributed by atoms with Crippen LogP contribution in [0.4, 0.5) is 33.3 Å². The van der Waals surface area contributed by atoms with Gasteiger partial charge in [-0.15, -0.1) is 5.53 Å². The molecule has 2 saturated carbocycles. The minimum Gasteiger partial charge on any atom is -0.382 e. The first-order valence-electron chi connectivity index (χ1n) is 13.9. The van der Waals surface area contributed by atoms with Crippen LogP contribution in [-0.4, -0.2) is 39.7 Å². The molecule has 2 fully saturated rings. The maximum absolute atomic E-state index is 13.9. The van der Waals surface area contributed by atoms with Gasteiger partial charge in [0, 0.05) is 41.3 Å². The maximum atomic E-state index is 13.9. The molecule has 3 aliphatic rings. The molecule has 1 aromatic carbocycles. The van der Waals surface area contributed by atoms with Crippen LogP contribution < -0.4 is 21.6 Å². The van der Waals surface area contributed by atoms with E-state index in [1.54, 1.807) is 37.4 Å². The number of hydrogen-bond donors (Lipinski definition) is 4. The summed E-state index contributed by atoms with van der Waals surface area (Å²) in [5, 5.41) is 18.3. The molecule has 2 aliphatic carbocycles. The first kappa shape index (κ1) is 30.4. The zero-order valence-electron chi connectivity index (χ0n) is 23.3. The van der Waals surface area contributed by atoms with Crippen molar-refractivity contribution in [2.75, 3.05) is 17.2 Å². The number of nitriles is 1. The molecule has 0 saturated heterocycles. The van der Waals surface area contributed by atoms with Gasteiger partial charge in [-0.25, -0.2) is 13.8 Å². The Labute approximate surface area is 259 Å². The molecule has 4 N–H and O–H groups in total. The van der Waals surface area contributed by atoms with Crippen molar-refractivity contribution >= 4 is 45.5 Å². The van der Waals surface area contributed by atoms with Crippen molar-refractivity contribution in [3.8, 4) is 6.07 Å². The Bertz CT molecular complexity index is 1680. The van der Waals surface area contributed by atoms with Gasteiger partial charge in [-0.1, -0.05) is 35.7 Å². The fourth-order valence-corrected chi connectivity index (χ4v) is 6.24. The topological polar surface area (TPSA) is 101 Å². The molecule has 44 heavy (non-hydrogen) atoms. The van der Waals surface area contributed by atoms with Gasteiger partial charge in [0.25, 0.3) is 6.43 Å². The van der Waals surface area contributed by atoms with Crippen molar-refractivity contribution in [1.29, 1.82) is 5.26 Å². The second-order valence-electron chi connectivity index (χ2n) is 11.5. The Balaban J connectivity index is 1.40. The number of benzene rings is 1. The third-order valence-electron chi connectivity index (χ3n) is 8.82. The average molecular weight is 653 g/mol. The van der Waals surface area contributed by atoms with Gasteiger partial charge in [0.05, 0.1) is 38.9 Å². The van der Waals surface area contributed by atoms with Crippen molar-refractivity contribution in [2.45, 2.75) is 63.2 Å². The summed E-state index contributed by atoms with van der Waals surface area (Å²) < 4.78 is 69.5. The smallest absolute Gasteiger partial charge is 0.382 e. The number of rotatable bonds is 9. The van der Waals surface area contributed by atoms with E-state index >= 15 is 0 Å². The molecule has 15 heteroatoms. The molecule has 0 spiro atoms. The van der Waals surface area contributed by atoms with Crippen molar-refractivity contribution in [2.24, 2.45) is 5.41 Å². The SMILES string of the molecule is Cc1nc(Cl)ccc1[C@H](Nc1cc(Cl)c2ncc(C#N)c(NCC3(C(F)(F)F)CCC3)c2c1)C1=CN(C2(C(F)F)CC2)NN1. The first-order chi connectivity index (χ1) is 20.9. The van der Waals surface area contributed by atoms with E-state index < -0.39 is 36.1 Å². The van der Waals surface area contributed by atoms with Crippen LogP contribution in [0.25, 0.3) is 10.9 Å². The van der Waals surface area contributed by atoms with Gasteiger partial charge in [0.15, 0.2) is 0 Å². The normalized spacial score (nSPS) is 19.2. The summed E-state index contributed by atoms with van der Waals surface area (Å²) in [6.45, 7) is 1.36. The monoisotopic (exact) mass is 652 g/mol. The van der Waals surface area contributed by atoms with Gasteiger partial charge in [0.2, 0.25) is 0 Å². The van der Waals surface area contributed by atoms with Crippen LogP contribution in [0, 0.1) is 23.7 Å².